The van der Waals surface area contributed by atoms with E-state index in [4.69, 9.17) is 32.4 Å². The van der Waals surface area contributed by atoms with Gasteiger partial charge in [-0.15, -0.1) is 0 Å². The van der Waals surface area contributed by atoms with Gasteiger partial charge in [0.1, 0.15) is 23.9 Å². The quantitative estimate of drug-likeness (QED) is 0.753. The number of hydrogen-bond acceptors (Lipinski definition) is 3. The lowest BCUT2D eigenvalue weighted by Crippen LogP contribution is -2.28. The summed E-state index contributed by atoms with van der Waals surface area (Å²) in [6.45, 7) is 3.56. The maximum Gasteiger partial charge on any atom is 0.146 e. The first-order chi connectivity index (χ1) is 10.7. The van der Waals surface area contributed by atoms with Crippen molar-refractivity contribution in [2.45, 2.75) is 32.4 Å². The van der Waals surface area contributed by atoms with Gasteiger partial charge in [0.05, 0.1) is 11.6 Å². The molecule has 3 nitrogen and oxygen atoms in total. The van der Waals surface area contributed by atoms with E-state index in [2.05, 4.69) is 4.90 Å². The van der Waals surface area contributed by atoms with E-state index >= 15 is 0 Å². The lowest BCUT2D eigenvalue weighted by atomic mass is 10.1. The molecule has 3 rings (SSSR count). The highest BCUT2D eigenvalue weighted by atomic mass is 35.5. The van der Waals surface area contributed by atoms with E-state index in [1.54, 1.807) is 18.2 Å². The third-order valence-electron chi connectivity index (χ3n) is 3.81. The van der Waals surface area contributed by atoms with Gasteiger partial charge in [-0.2, -0.15) is 0 Å². The summed E-state index contributed by atoms with van der Waals surface area (Å²) >= 11 is 11.9. The first kappa shape index (κ1) is 15.7. The monoisotopic (exact) mass is 339 g/mol. The molecule has 0 aliphatic carbocycles. The first-order valence-corrected chi connectivity index (χ1v) is 8.34. The summed E-state index contributed by atoms with van der Waals surface area (Å²) in [4.78, 5) is 2.43. The standard InChI is InChI=1S/C17H19Cl2NO2/c18-13-4-7-17(16(19)10-13)21-12-15-6-5-14(22-15)11-20-8-2-1-3-9-20/h4-7,10H,1-3,8-9,11-12H2. The second kappa shape index (κ2) is 7.40. The Kier molecular flexibility index (Phi) is 5.29. The predicted molar refractivity (Wildman–Crippen MR) is 88.6 cm³/mol. The average molecular weight is 340 g/mol. The van der Waals surface area contributed by atoms with Gasteiger partial charge in [-0.1, -0.05) is 29.6 Å². The third kappa shape index (κ3) is 4.19. The number of nitrogens with zero attached hydrogens (tertiary/aromatic N) is 1. The van der Waals surface area contributed by atoms with Crippen molar-refractivity contribution in [3.05, 3.63) is 51.9 Å². The molecule has 2 aromatic rings. The molecular formula is C17H19Cl2NO2. The molecule has 1 aromatic heterocycles. The van der Waals surface area contributed by atoms with Crippen LogP contribution >= 0.6 is 23.2 Å². The lowest BCUT2D eigenvalue weighted by Gasteiger charge is -2.25. The number of halogens is 2. The highest BCUT2D eigenvalue weighted by Crippen LogP contribution is 2.28. The van der Waals surface area contributed by atoms with Crippen LogP contribution in [0, 0.1) is 0 Å². The van der Waals surface area contributed by atoms with E-state index in [1.807, 2.05) is 12.1 Å². The smallest absolute Gasteiger partial charge is 0.146 e. The number of rotatable bonds is 5. The van der Waals surface area contributed by atoms with Gasteiger partial charge in [-0.3, -0.25) is 4.90 Å². The van der Waals surface area contributed by atoms with Gasteiger partial charge in [0.2, 0.25) is 0 Å². The van der Waals surface area contributed by atoms with Crippen LogP contribution in [0.25, 0.3) is 0 Å². The van der Waals surface area contributed by atoms with Crippen LogP contribution in [0.15, 0.2) is 34.7 Å². The van der Waals surface area contributed by atoms with Gasteiger partial charge in [-0.25, -0.2) is 0 Å². The summed E-state index contributed by atoms with van der Waals surface area (Å²) in [5, 5.41) is 1.10. The third-order valence-corrected chi connectivity index (χ3v) is 4.34. The van der Waals surface area contributed by atoms with Crippen LogP contribution in [0.4, 0.5) is 0 Å². The molecule has 1 aliphatic heterocycles. The molecule has 1 saturated heterocycles. The largest absolute Gasteiger partial charge is 0.484 e. The molecule has 0 bridgehead atoms. The summed E-state index contributed by atoms with van der Waals surface area (Å²) in [5.74, 6) is 2.40. The van der Waals surface area contributed by atoms with Crippen molar-refractivity contribution in [2.24, 2.45) is 0 Å². The maximum atomic E-state index is 6.08. The molecule has 0 amide bonds. The highest BCUT2D eigenvalue weighted by Gasteiger charge is 2.13. The zero-order chi connectivity index (χ0) is 15.4. The van der Waals surface area contributed by atoms with Crippen LogP contribution in [0.3, 0.4) is 0 Å². The lowest BCUT2D eigenvalue weighted by molar-refractivity contribution is 0.198. The number of furan rings is 1. The number of piperidine rings is 1. The van der Waals surface area contributed by atoms with E-state index in [1.165, 1.54) is 19.3 Å². The topological polar surface area (TPSA) is 25.6 Å². The van der Waals surface area contributed by atoms with Crippen molar-refractivity contribution in [1.82, 2.24) is 4.90 Å². The highest BCUT2D eigenvalue weighted by molar-refractivity contribution is 6.35. The predicted octanol–water partition coefficient (Wildman–Crippen LogP) is 5.15. The van der Waals surface area contributed by atoms with Crippen LogP contribution < -0.4 is 4.74 Å². The average Bonchev–Trinajstić information content (AvgIpc) is 2.95. The molecule has 5 heteroatoms. The van der Waals surface area contributed by atoms with Crippen molar-refractivity contribution in [1.29, 1.82) is 0 Å². The summed E-state index contributed by atoms with van der Waals surface area (Å²) in [6.07, 6.45) is 3.91. The second-order valence-electron chi connectivity index (χ2n) is 5.57. The van der Waals surface area contributed by atoms with Crippen LogP contribution in [0.2, 0.25) is 10.0 Å². The van der Waals surface area contributed by atoms with E-state index in [9.17, 15) is 0 Å². The SMILES string of the molecule is Clc1ccc(OCc2ccc(CN3CCCCC3)o2)c(Cl)c1. The Bertz CT molecular complexity index is 621. The molecule has 0 spiro atoms. The van der Waals surface area contributed by atoms with E-state index in [0.717, 1.165) is 31.2 Å². The number of benzene rings is 1. The molecule has 0 radical (unpaired) electrons. The van der Waals surface area contributed by atoms with E-state index < -0.39 is 0 Å². The molecule has 2 heterocycles. The number of ether oxygens (including phenoxy) is 1. The molecular weight excluding hydrogens is 321 g/mol. The molecule has 0 unspecified atom stereocenters. The fourth-order valence-electron chi connectivity index (χ4n) is 2.66. The van der Waals surface area contributed by atoms with Crippen molar-refractivity contribution in [2.75, 3.05) is 13.1 Å². The zero-order valence-electron chi connectivity index (χ0n) is 12.4. The Morgan fingerprint density at radius 2 is 1.77 bits per heavy atom. The van der Waals surface area contributed by atoms with Gasteiger partial charge >= 0.3 is 0 Å². The van der Waals surface area contributed by atoms with Gasteiger partial charge in [-0.05, 0) is 56.3 Å². The number of likely N-dealkylation sites (tertiary alicyclic amines) is 1. The Hall–Kier alpha value is -1.16. The van der Waals surface area contributed by atoms with Gasteiger partial charge in [0, 0.05) is 5.02 Å². The Morgan fingerprint density at radius 1 is 1.00 bits per heavy atom. The summed E-state index contributed by atoms with van der Waals surface area (Å²) in [5.41, 5.74) is 0. The molecule has 1 aliphatic rings. The number of hydrogen-bond donors (Lipinski definition) is 0. The fourth-order valence-corrected chi connectivity index (χ4v) is 3.13. The second-order valence-corrected chi connectivity index (χ2v) is 6.41. The Balaban J connectivity index is 1.55. The summed E-state index contributed by atoms with van der Waals surface area (Å²) in [7, 11) is 0. The fraction of sp³-hybridized carbons (Fsp3) is 0.412. The zero-order valence-corrected chi connectivity index (χ0v) is 13.9. The van der Waals surface area contributed by atoms with Crippen molar-refractivity contribution in [3.8, 4) is 5.75 Å². The molecule has 0 saturated carbocycles. The minimum absolute atomic E-state index is 0.362. The molecule has 118 valence electrons. The summed E-state index contributed by atoms with van der Waals surface area (Å²) < 4.78 is 11.5. The Labute approximate surface area is 140 Å². The molecule has 0 N–H and O–H groups in total. The van der Waals surface area contributed by atoms with Crippen molar-refractivity contribution in [3.63, 3.8) is 0 Å². The minimum Gasteiger partial charge on any atom is -0.484 e. The molecule has 22 heavy (non-hydrogen) atoms. The van der Waals surface area contributed by atoms with Crippen molar-refractivity contribution < 1.29 is 9.15 Å². The van der Waals surface area contributed by atoms with Crippen molar-refractivity contribution >= 4 is 23.2 Å². The summed E-state index contributed by atoms with van der Waals surface area (Å²) in [6, 6.07) is 9.18. The maximum absolute atomic E-state index is 6.08. The van der Waals surface area contributed by atoms with Gasteiger partial charge in [0.25, 0.3) is 0 Å². The normalized spacial score (nSPS) is 15.9. The molecule has 0 atom stereocenters. The van der Waals surface area contributed by atoms with Crippen LogP contribution in [-0.2, 0) is 13.2 Å². The first-order valence-electron chi connectivity index (χ1n) is 7.58. The van der Waals surface area contributed by atoms with E-state index in [-0.39, 0.29) is 0 Å². The molecule has 1 aromatic carbocycles. The minimum atomic E-state index is 0.362. The van der Waals surface area contributed by atoms with Crippen LogP contribution in [-0.4, -0.2) is 18.0 Å². The van der Waals surface area contributed by atoms with Gasteiger partial charge < -0.3 is 9.15 Å². The van der Waals surface area contributed by atoms with Crippen LogP contribution in [0.1, 0.15) is 30.8 Å². The molecule has 1 fully saturated rings. The van der Waals surface area contributed by atoms with Gasteiger partial charge in [0.15, 0.2) is 0 Å². The van der Waals surface area contributed by atoms with Crippen LogP contribution in [0.5, 0.6) is 5.75 Å². The van der Waals surface area contributed by atoms with E-state index in [0.29, 0.717) is 22.4 Å². The Morgan fingerprint density at radius 3 is 2.55 bits per heavy atom.